The van der Waals surface area contributed by atoms with E-state index >= 15 is 0 Å². The number of aliphatic hydroxyl groups is 1. The summed E-state index contributed by atoms with van der Waals surface area (Å²) < 4.78 is 11.0. The highest BCUT2D eigenvalue weighted by Gasteiger charge is 2.30. The lowest BCUT2D eigenvalue weighted by Gasteiger charge is -2.23. The van der Waals surface area contributed by atoms with Gasteiger partial charge in [0.05, 0.1) is 13.2 Å². The average Bonchev–Trinajstić information content (AvgIpc) is 3.29. The van der Waals surface area contributed by atoms with Crippen LogP contribution in [0.3, 0.4) is 0 Å². The molecule has 236 valence electrons. The molecule has 0 radical (unpaired) electrons. The number of phenols is 1. The van der Waals surface area contributed by atoms with E-state index in [0.717, 1.165) is 24.3 Å². The third-order valence-corrected chi connectivity index (χ3v) is 8.67. The van der Waals surface area contributed by atoms with Crippen LogP contribution in [0.2, 0.25) is 0 Å². The summed E-state index contributed by atoms with van der Waals surface area (Å²) in [5, 5.41) is 21.5. The molecule has 42 heavy (non-hydrogen) atoms. The molecule has 0 spiro atoms. The number of guanidine groups is 1. The number of aliphatic hydroxyl groups excluding tert-OH is 1. The Kier molecular flexibility index (Phi) is 13.7. The molecular formula is C32H52N4O6. The number of methoxy groups -OCH3 is 1. The van der Waals surface area contributed by atoms with Gasteiger partial charge >= 0.3 is 5.97 Å². The molecule has 0 bridgehead atoms. The molecule has 3 atom stereocenters. The second kappa shape index (κ2) is 17.2. The number of unbranched alkanes of at least 4 members (excludes halogenated alkanes) is 1. The number of carbonyl (C=O) groups excluding carboxylic acids is 2. The van der Waals surface area contributed by atoms with E-state index < -0.39 is 12.2 Å². The van der Waals surface area contributed by atoms with Crippen molar-refractivity contribution in [1.82, 2.24) is 4.90 Å². The van der Waals surface area contributed by atoms with Crippen LogP contribution < -0.4 is 16.2 Å². The third kappa shape index (κ3) is 11.3. The number of aryl methyl sites for hydroxylation is 1. The van der Waals surface area contributed by atoms with Crippen LogP contribution in [0, 0.1) is 11.8 Å². The first kappa shape index (κ1) is 33.5. The fraction of sp³-hybridized carbons (Fsp3) is 0.719. The predicted octanol–water partition coefficient (Wildman–Crippen LogP) is 4.17. The van der Waals surface area contributed by atoms with Crippen molar-refractivity contribution in [3.8, 4) is 11.5 Å². The van der Waals surface area contributed by atoms with Crippen LogP contribution in [0.25, 0.3) is 0 Å². The molecule has 1 aromatic carbocycles. The number of ether oxygens (including phenoxy) is 2. The van der Waals surface area contributed by atoms with Gasteiger partial charge < -0.3 is 36.1 Å². The second-order valence-corrected chi connectivity index (χ2v) is 12.2. The standard InChI is InChI=1S/C32H52N4O6/c1-22(37)42-28(19-27(38)11-7-6-10-23-8-4-3-5-9-23)13-12-24-16-26(31(40)29(17-24)41-2)21-36-20-25(18-30(36)39)14-15-35-32(33)34/h16-17,23,25,27-28,38,40H,3-15,18-21H2,1-2H3,(H4,33,34,35)/t25-,27-,28+/m0/s1. The second-order valence-electron chi connectivity index (χ2n) is 12.2. The minimum atomic E-state index is -0.522. The van der Waals surface area contributed by atoms with Crippen LogP contribution in [0.5, 0.6) is 11.5 Å². The van der Waals surface area contributed by atoms with Gasteiger partial charge in [-0.05, 0) is 49.1 Å². The Bertz CT molecular complexity index is 1040. The van der Waals surface area contributed by atoms with Crippen LogP contribution in [0.15, 0.2) is 17.1 Å². The van der Waals surface area contributed by atoms with Gasteiger partial charge in [-0.2, -0.15) is 0 Å². The Labute approximate surface area is 250 Å². The van der Waals surface area contributed by atoms with E-state index in [4.69, 9.17) is 20.9 Å². The third-order valence-electron chi connectivity index (χ3n) is 8.67. The molecule has 1 saturated heterocycles. The van der Waals surface area contributed by atoms with E-state index in [1.165, 1.54) is 52.6 Å². The summed E-state index contributed by atoms with van der Waals surface area (Å²) in [4.78, 5) is 30.3. The van der Waals surface area contributed by atoms with Gasteiger partial charge in [-0.15, -0.1) is 0 Å². The van der Waals surface area contributed by atoms with Gasteiger partial charge in [-0.1, -0.05) is 57.4 Å². The zero-order valence-corrected chi connectivity index (χ0v) is 25.6. The van der Waals surface area contributed by atoms with Gasteiger partial charge in [0, 0.05) is 45.0 Å². The van der Waals surface area contributed by atoms with Crippen molar-refractivity contribution in [3.63, 3.8) is 0 Å². The summed E-state index contributed by atoms with van der Waals surface area (Å²) in [7, 11) is 1.50. The number of rotatable bonds is 17. The number of esters is 1. The van der Waals surface area contributed by atoms with Crippen molar-refractivity contribution >= 4 is 17.8 Å². The van der Waals surface area contributed by atoms with Gasteiger partial charge in [-0.3, -0.25) is 14.6 Å². The van der Waals surface area contributed by atoms with E-state index in [0.29, 0.717) is 62.9 Å². The number of benzene rings is 1. The number of likely N-dealkylation sites (tertiary alicyclic amines) is 1. The molecule has 1 heterocycles. The fourth-order valence-electron chi connectivity index (χ4n) is 6.43. The first-order chi connectivity index (χ1) is 20.1. The van der Waals surface area contributed by atoms with Gasteiger partial charge in [0.2, 0.25) is 5.91 Å². The molecule has 10 nitrogen and oxygen atoms in total. The minimum absolute atomic E-state index is 0.0122. The molecule has 1 amide bonds. The minimum Gasteiger partial charge on any atom is -0.504 e. The van der Waals surface area contributed by atoms with E-state index in [9.17, 15) is 19.8 Å². The molecule has 3 rings (SSSR count). The maximum Gasteiger partial charge on any atom is 0.302 e. The predicted molar refractivity (Wildman–Crippen MR) is 163 cm³/mol. The van der Waals surface area contributed by atoms with Crippen LogP contribution >= 0.6 is 0 Å². The van der Waals surface area contributed by atoms with E-state index in [2.05, 4.69) is 4.99 Å². The zero-order chi connectivity index (χ0) is 30.5. The van der Waals surface area contributed by atoms with Crippen LogP contribution in [-0.4, -0.2) is 65.4 Å². The smallest absolute Gasteiger partial charge is 0.302 e. The zero-order valence-electron chi connectivity index (χ0n) is 25.6. The number of hydrogen-bond acceptors (Lipinski definition) is 7. The number of nitrogens with two attached hydrogens (primary N) is 2. The van der Waals surface area contributed by atoms with E-state index in [1.807, 2.05) is 6.07 Å². The first-order valence-electron chi connectivity index (χ1n) is 15.7. The number of phenolic OH excluding ortho intramolecular Hbond substituents is 1. The lowest BCUT2D eigenvalue weighted by molar-refractivity contribution is -0.148. The summed E-state index contributed by atoms with van der Waals surface area (Å²) in [6, 6.07) is 3.65. The largest absolute Gasteiger partial charge is 0.504 e. The molecule has 1 aromatic rings. The molecule has 1 aliphatic heterocycles. The summed E-state index contributed by atoms with van der Waals surface area (Å²) in [6.45, 7) is 2.70. The molecule has 6 N–H and O–H groups in total. The quantitative estimate of drug-likeness (QED) is 0.0913. The van der Waals surface area contributed by atoms with E-state index in [1.54, 1.807) is 11.0 Å². The van der Waals surface area contributed by atoms with Crippen LogP contribution in [0.4, 0.5) is 0 Å². The summed E-state index contributed by atoms with van der Waals surface area (Å²) in [5.41, 5.74) is 12.3. The molecule has 0 unspecified atom stereocenters. The highest BCUT2D eigenvalue weighted by molar-refractivity contribution is 5.79. The molecule has 1 saturated carbocycles. The summed E-state index contributed by atoms with van der Waals surface area (Å²) in [5.74, 6) is 1.04. The molecule has 0 aromatic heterocycles. The number of nitrogens with zero attached hydrogens (tertiary/aromatic N) is 2. The van der Waals surface area contributed by atoms with Crippen molar-refractivity contribution in [2.24, 2.45) is 28.3 Å². The topological polar surface area (TPSA) is 161 Å². The normalized spacial score (nSPS) is 19.0. The Balaban J connectivity index is 1.55. The first-order valence-corrected chi connectivity index (χ1v) is 15.7. The number of aromatic hydroxyl groups is 1. The maximum absolute atomic E-state index is 12.7. The maximum atomic E-state index is 12.7. The van der Waals surface area contributed by atoms with Crippen molar-refractivity contribution in [2.45, 2.75) is 116 Å². The van der Waals surface area contributed by atoms with Crippen LogP contribution in [0.1, 0.15) is 102 Å². The van der Waals surface area contributed by atoms with Gasteiger partial charge in [0.15, 0.2) is 17.5 Å². The number of hydrogen-bond donors (Lipinski definition) is 4. The lowest BCUT2D eigenvalue weighted by Crippen LogP contribution is -2.25. The van der Waals surface area contributed by atoms with Gasteiger partial charge in [-0.25, -0.2) is 0 Å². The van der Waals surface area contributed by atoms with Crippen molar-refractivity contribution in [2.75, 3.05) is 20.2 Å². The average molecular weight is 589 g/mol. The number of amides is 1. The Morgan fingerprint density at radius 2 is 1.88 bits per heavy atom. The van der Waals surface area contributed by atoms with Crippen molar-refractivity contribution in [1.29, 1.82) is 0 Å². The molecular weight excluding hydrogens is 536 g/mol. The number of aliphatic imine (C=N–C) groups is 1. The summed E-state index contributed by atoms with van der Waals surface area (Å²) >= 11 is 0. The highest BCUT2D eigenvalue weighted by Crippen LogP contribution is 2.35. The fourth-order valence-corrected chi connectivity index (χ4v) is 6.43. The Morgan fingerprint density at radius 3 is 2.57 bits per heavy atom. The van der Waals surface area contributed by atoms with E-state index in [-0.39, 0.29) is 36.0 Å². The van der Waals surface area contributed by atoms with Gasteiger partial charge in [0.1, 0.15) is 6.10 Å². The Morgan fingerprint density at radius 1 is 1.12 bits per heavy atom. The molecule has 10 heteroatoms. The number of carbonyl (C=O) groups is 2. The molecule has 2 aliphatic rings. The van der Waals surface area contributed by atoms with Crippen molar-refractivity contribution in [3.05, 3.63) is 23.3 Å². The van der Waals surface area contributed by atoms with Crippen molar-refractivity contribution < 1.29 is 29.3 Å². The molecule has 2 fully saturated rings. The Hall–Kier alpha value is -3.01. The lowest BCUT2D eigenvalue weighted by atomic mass is 9.85. The molecule has 1 aliphatic carbocycles. The SMILES string of the molecule is COc1cc(CC[C@H](C[C@@H](O)CCCCC2CCCCC2)OC(C)=O)cc(CN2C[C@@H](CCN=C(N)N)CC2=O)c1O. The van der Waals surface area contributed by atoms with Gasteiger partial charge in [0.25, 0.3) is 0 Å². The monoisotopic (exact) mass is 588 g/mol. The highest BCUT2D eigenvalue weighted by atomic mass is 16.5. The summed E-state index contributed by atoms with van der Waals surface area (Å²) in [6.07, 6.45) is 12.5. The van der Waals surface area contributed by atoms with Crippen LogP contribution in [-0.2, 0) is 27.3 Å².